The molecule has 0 aliphatic rings. The van der Waals surface area contributed by atoms with Crippen LogP contribution in [0.2, 0.25) is 0 Å². The van der Waals surface area contributed by atoms with Gasteiger partial charge in [-0.15, -0.1) is 0 Å². The Hall–Kier alpha value is -2.60. The fraction of sp³-hybridized carbons (Fsp3) is 0.200. The molecule has 0 N–H and O–H groups in total. The van der Waals surface area contributed by atoms with Crippen LogP contribution in [-0.4, -0.2) is 18.5 Å². The van der Waals surface area contributed by atoms with Gasteiger partial charge in [-0.25, -0.2) is 4.39 Å². The number of likely N-dealkylation sites (N-methyl/N-ethyl adjacent to an activating group) is 1. The van der Waals surface area contributed by atoms with Gasteiger partial charge in [0.15, 0.2) is 0 Å². The molecule has 0 saturated carbocycles. The summed E-state index contributed by atoms with van der Waals surface area (Å²) < 4.78 is 56.9. The van der Waals surface area contributed by atoms with Gasteiger partial charge in [0.25, 0.3) is 0 Å². The van der Waals surface area contributed by atoms with Crippen molar-refractivity contribution >= 4 is 17.0 Å². The summed E-state index contributed by atoms with van der Waals surface area (Å²) in [4.78, 5) is 2.00. The Balaban J connectivity index is 1.63. The van der Waals surface area contributed by atoms with Gasteiger partial charge >= 0.3 is 6.18 Å². The fourth-order valence-corrected chi connectivity index (χ4v) is 2.71. The number of benzene rings is 2. The number of para-hydroxylation sites is 1. The Labute approximate surface area is 148 Å². The number of fused-ring (bicyclic) bond motifs is 1. The average Bonchev–Trinajstić information content (AvgIpc) is 2.98. The van der Waals surface area contributed by atoms with Crippen LogP contribution in [0.1, 0.15) is 16.7 Å². The fourth-order valence-electron chi connectivity index (χ4n) is 2.71. The van der Waals surface area contributed by atoms with Crippen molar-refractivity contribution in [2.75, 3.05) is 13.6 Å². The lowest BCUT2D eigenvalue weighted by atomic mass is 10.1. The van der Waals surface area contributed by atoms with E-state index < -0.39 is 17.6 Å². The van der Waals surface area contributed by atoms with E-state index in [1.54, 1.807) is 12.3 Å². The zero-order chi connectivity index (χ0) is 18.7. The van der Waals surface area contributed by atoms with Crippen molar-refractivity contribution < 1.29 is 22.0 Å². The van der Waals surface area contributed by atoms with E-state index in [1.165, 1.54) is 6.08 Å². The third kappa shape index (κ3) is 4.14. The Kier molecular flexibility index (Phi) is 5.13. The molecule has 0 atom stereocenters. The van der Waals surface area contributed by atoms with Crippen molar-refractivity contribution in [3.63, 3.8) is 0 Å². The molecule has 0 spiro atoms. The van der Waals surface area contributed by atoms with E-state index in [1.807, 2.05) is 36.2 Å². The second kappa shape index (κ2) is 7.33. The highest BCUT2D eigenvalue weighted by atomic mass is 19.4. The van der Waals surface area contributed by atoms with Crippen molar-refractivity contribution in [2.45, 2.75) is 12.7 Å². The summed E-state index contributed by atoms with van der Waals surface area (Å²) in [5.41, 5.74) is 0.992. The highest BCUT2D eigenvalue weighted by Crippen LogP contribution is 2.30. The Morgan fingerprint density at radius 1 is 1.12 bits per heavy atom. The van der Waals surface area contributed by atoms with Crippen LogP contribution in [0.25, 0.3) is 17.0 Å². The third-order valence-corrected chi connectivity index (χ3v) is 4.04. The van der Waals surface area contributed by atoms with Gasteiger partial charge in [0, 0.05) is 29.6 Å². The predicted octanol–water partition coefficient (Wildman–Crippen LogP) is 5.74. The molecule has 0 saturated heterocycles. The normalized spacial score (nSPS) is 12.5. The Morgan fingerprint density at radius 3 is 2.62 bits per heavy atom. The molecule has 2 aromatic carbocycles. The number of hydrogen-bond acceptors (Lipinski definition) is 2. The smallest absolute Gasteiger partial charge is 0.416 e. The van der Waals surface area contributed by atoms with Gasteiger partial charge in [0.2, 0.25) is 0 Å². The molecular formula is C20H17F4NO. The summed E-state index contributed by atoms with van der Waals surface area (Å²) in [6, 6.07) is 10.3. The minimum absolute atomic E-state index is 0.125. The molecule has 0 aliphatic heterocycles. The number of halogens is 4. The average molecular weight is 363 g/mol. The summed E-state index contributed by atoms with van der Waals surface area (Å²) >= 11 is 0. The van der Waals surface area contributed by atoms with E-state index in [0.717, 1.165) is 28.7 Å². The lowest BCUT2D eigenvalue weighted by molar-refractivity contribution is -0.137. The van der Waals surface area contributed by atoms with Gasteiger partial charge in [-0.2, -0.15) is 13.2 Å². The molecule has 0 unspecified atom stereocenters. The lowest BCUT2D eigenvalue weighted by Gasteiger charge is -2.13. The Morgan fingerprint density at radius 2 is 1.88 bits per heavy atom. The maximum Gasteiger partial charge on any atom is 0.416 e. The maximum atomic E-state index is 13.8. The van der Waals surface area contributed by atoms with Crippen molar-refractivity contribution in [1.29, 1.82) is 0 Å². The molecule has 0 fully saturated rings. The van der Waals surface area contributed by atoms with E-state index in [0.29, 0.717) is 19.2 Å². The second-order valence-corrected chi connectivity index (χ2v) is 6.09. The second-order valence-electron chi connectivity index (χ2n) is 6.09. The van der Waals surface area contributed by atoms with Crippen LogP contribution in [-0.2, 0) is 12.7 Å². The number of alkyl halides is 3. The van der Waals surface area contributed by atoms with E-state index in [-0.39, 0.29) is 5.56 Å². The van der Waals surface area contributed by atoms with Crippen LogP contribution in [0.4, 0.5) is 17.6 Å². The van der Waals surface area contributed by atoms with Crippen LogP contribution in [0.5, 0.6) is 0 Å². The summed E-state index contributed by atoms with van der Waals surface area (Å²) in [5.74, 6) is -0.889. The zero-order valence-electron chi connectivity index (χ0n) is 14.1. The van der Waals surface area contributed by atoms with Crippen LogP contribution in [0.3, 0.4) is 0 Å². The Bertz CT molecular complexity index is 927. The molecule has 1 heterocycles. The van der Waals surface area contributed by atoms with Gasteiger partial charge in [-0.05, 0) is 25.2 Å². The van der Waals surface area contributed by atoms with Crippen molar-refractivity contribution in [1.82, 2.24) is 4.90 Å². The van der Waals surface area contributed by atoms with Crippen LogP contribution in [0.15, 0.2) is 59.2 Å². The van der Waals surface area contributed by atoms with Crippen molar-refractivity contribution in [2.24, 2.45) is 0 Å². The molecule has 136 valence electrons. The van der Waals surface area contributed by atoms with Crippen LogP contribution < -0.4 is 0 Å². The summed E-state index contributed by atoms with van der Waals surface area (Å²) in [6.45, 7) is 1.15. The highest BCUT2D eigenvalue weighted by Gasteiger charge is 2.30. The lowest BCUT2D eigenvalue weighted by Crippen LogP contribution is -2.17. The molecule has 3 rings (SSSR count). The SMILES string of the molecule is CN(CC=Cc1ccc(C(F)(F)F)cc1F)Cc1coc2ccccc12. The largest absolute Gasteiger partial charge is 0.464 e. The van der Waals surface area contributed by atoms with Gasteiger partial charge < -0.3 is 4.42 Å². The molecule has 0 radical (unpaired) electrons. The molecular weight excluding hydrogens is 346 g/mol. The maximum absolute atomic E-state index is 13.8. The standard InChI is InChI=1S/C20H17F4NO/c1-25(12-15-13-26-19-7-3-2-6-17(15)19)10-4-5-14-8-9-16(11-18(14)21)20(22,23)24/h2-9,11,13H,10,12H2,1H3. The minimum Gasteiger partial charge on any atom is -0.464 e. The molecule has 0 amide bonds. The molecule has 6 heteroatoms. The molecule has 0 aliphatic carbocycles. The van der Waals surface area contributed by atoms with E-state index in [4.69, 9.17) is 4.42 Å². The summed E-state index contributed by atoms with van der Waals surface area (Å²) in [5, 5.41) is 1.04. The number of furan rings is 1. The van der Waals surface area contributed by atoms with E-state index in [2.05, 4.69) is 0 Å². The molecule has 0 bridgehead atoms. The number of rotatable bonds is 5. The highest BCUT2D eigenvalue weighted by molar-refractivity contribution is 5.80. The van der Waals surface area contributed by atoms with E-state index >= 15 is 0 Å². The first-order chi connectivity index (χ1) is 12.3. The quantitative estimate of drug-likeness (QED) is 0.538. The first-order valence-corrected chi connectivity index (χ1v) is 8.01. The third-order valence-electron chi connectivity index (χ3n) is 4.04. The minimum atomic E-state index is -4.54. The predicted molar refractivity (Wildman–Crippen MR) is 93.0 cm³/mol. The first-order valence-electron chi connectivity index (χ1n) is 8.01. The first kappa shape index (κ1) is 18.2. The van der Waals surface area contributed by atoms with Crippen molar-refractivity contribution in [3.8, 4) is 0 Å². The topological polar surface area (TPSA) is 16.4 Å². The monoisotopic (exact) mass is 363 g/mol. The summed E-state index contributed by atoms with van der Waals surface area (Å²) in [6.07, 6.45) is 0.366. The number of nitrogens with zero attached hydrogens (tertiary/aromatic N) is 1. The molecule has 26 heavy (non-hydrogen) atoms. The molecule has 1 aromatic heterocycles. The summed E-state index contributed by atoms with van der Waals surface area (Å²) in [7, 11) is 1.90. The van der Waals surface area contributed by atoms with Crippen molar-refractivity contribution in [3.05, 3.63) is 77.3 Å². The van der Waals surface area contributed by atoms with Gasteiger partial charge in [0.05, 0.1) is 11.8 Å². The number of hydrogen-bond donors (Lipinski definition) is 0. The zero-order valence-corrected chi connectivity index (χ0v) is 14.1. The van der Waals surface area contributed by atoms with Crippen LogP contribution in [0, 0.1) is 5.82 Å². The van der Waals surface area contributed by atoms with Gasteiger partial charge in [-0.3, -0.25) is 4.90 Å². The van der Waals surface area contributed by atoms with Gasteiger partial charge in [-0.1, -0.05) is 36.4 Å². The van der Waals surface area contributed by atoms with Crippen LogP contribution >= 0.6 is 0 Å². The van der Waals surface area contributed by atoms with Gasteiger partial charge in [0.1, 0.15) is 11.4 Å². The molecule has 2 nitrogen and oxygen atoms in total. The van der Waals surface area contributed by atoms with E-state index in [9.17, 15) is 17.6 Å². The molecule has 3 aromatic rings.